The summed E-state index contributed by atoms with van der Waals surface area (Å²) in [6.45, 7) is 10.6. The van der Waals surface area contributed by atoms with Gasteiger partial charge in [-0.25, -0.2) is 0 Å². The van der Waals surface area contributed by atoms with Gasteiger partial charge in [-0.1, -0.05) is 19.9 Å². The Labute approximate surface area is 168 Å². The van der Waals surface area contributed by atoms with Crippen molar-refractivity contribution in [2.75, 3.05) is 26.4 Å². The normalized spacial score (nSPS) is 20.3. The summed E-state index contributed by atoms with van der Waals surface area (Å²) in [6, 6.07) is 5.39. The van der Waals surface area contributed by atoms with Crippen LogP contribution in [-0.2, 0) is 9.53 Å². The number of nitrogens with one attached hydrogen (secondary N) is 2. The Bertz CT molecular complexity index is 585. The van der Waals surface area contributed by atoms with E-state index in [1.165, 1.54) is 0 Å². The van der Waals surface area contributed by atoms with E-state index in [-0.39, 0.29) is 36.5 Å². The Kier molecular flexibility index (Phi) is 10.5. The third-order valence-corrected chi connectivity index (χ3v) is 4.35. The first kappa shape index (κ1) is 23.5. The Hall–Kier alpha value is -1.50. The number of hydrogen-bond acceptors (Lipinski definition) is 5. The molecule has 0 aromatic heterocycles. The average Bonchev–Trinajstić information content (AvgIpc) is 2.65. The maximum atomic E-state index is 12.5. The molecule has 0 aliphatic carbocycles. The first-order chi connectivity index (χ1) is 12.6. The molecule has 0 saturated carbocycles. The molecule has 2 rings (SSSR count). The minimum absolute atomic E-state index is 0. The van der Waals surface area contributed by atoms with Crippen LogP contribution < -0.4 is 20.1 Å². The summed E-state index contributed by atoms with van der Waals surface area (Å²) in [5.41, 5.74) is 0.984. The maximum Gasteiger partial charge on any atom is 0.240 e. The lowest BCUT2D eigenvalue weighted by Gasteiger charge is -2.30. The highest BCUT2D eigenvalue weighted by molar-refractivity contribution is 5.85. The highest BCUT2D eigenvalue weighted by Gasteiger charge is 2.29. The highest BCUT2D eigenvalue weighted by atomic mass is 35.5. The van der Waals surface area contributed by atoms with Gasteiger partial charge in [-0.15, -0.1) is 12.4 Å². The molecule has 7 heteroatoms. The lowest BCUT2D eigenvalue weighted by Crippen LogP contribution is -2.55. The van der Waals surface area contributed by atoms with Crippen molar-refractivity contribution >= 4 is 18.3 Å². The molecule has 6 nitrogen and oxygen atoms in total. The molecule has 1 aliphatic rings. The number of carbonyl (C=O) groups is 1. The first-order valence-electron chi connectivity index (χ1n) is 9.61. The zero-order valence-electron chi connectivity index (χ0n) is 16.7. The van der Waals surface area contributed by atoms with Crippen molar-refractivity contribution in [1.29, 1.82) is 0 Å². The predicted octanol–water partition coefficient (Wildman–Crippen LogP) is 3.24. The van der Waals surface area contributed by atoms with Crippen molar-refractivity contribution in [2.45, 2.75) is 58.7 Å². The van der Waals surface area contributed by atoms with Crippen LogP contribution in [0.15, 0.2) is 18.2 Å². The van der Waals surface area contributed by atoms with Gasteiger partial charge in [0.1, 0.15) is 6.04 Å². The van der Waals surface area contributed by atoms with E-state index in [4.69, 9.17) is 14.2 Å². The van der Waals surface area contributed by atoms with Gasteiger partial charge in [0.25, 0.3) is 0 Å². The number of rotatable bonds is 9. The van der Waals surface area contributed by atoms with Crippen LogP contribution in [0.25, 0.3) is 0 Å². The van der Waals surface area contributed by atoms with Crippen LogP contribution in [0.4, 0.5) is 0 Å². The van der Waals surface area contributed by atoms with Gasteiger partial charge in [-0.2, -0.15) is 0 Å². The second kappa shape index (κ2) is 12.1. The molecule has 1 heterocycles. The second-order valence-electron chi connectivity index (χ2n) is 6.64. The maximum absolute atomic E-state index is 12.5. The van der Waals surface area contributed by atoms with E-state index in [2.05, 4.69) is 24.5 Å². The Morgan fingerprint density at radius 2 is 1.93 bits per heavy atom. The van der Waals surface area contributed by atoms with Crippen molar-refractivity contribution < 1.29 is 19.0 Å². The third-order valence-electron chi connectivity index (χ3n) is 4.35. The zero-order valence-corrected chi connectivity index (χ0v) is 17.6. The average molecular weight is 401 g/mol. The predicted molar refractivity (Wildman–Crippen MR) is 109 cm³/mol. The van der Waals surface area contributed by atoms with Crippen molar-refractivity contribution in [2.24, 2.45) is 0 Å². The topological polar surface area (TPSA) is 68.8 Å². The van der Waals surface area contributed by atoms with E-state index < -0.39 is 0 Å². The molecular weight excluding hydrogens is 368 g/mol. The van der Waals surface area contributed by atoms with E-state index in [9.17, 15) is 4.79 Å². The fourth-order valence-corrected chi connectivity index (χ4v) is 2.86. The SMILES string of the molecule is CCCOc1ccc(C(C)NC(=O)[C@H]2NCCO[C@@H]2C)cc1OCCC.Cl. The fourth-order valence-electron chi connectivity index (χ4n) is 2.86. The lowest BCUT2D eigenvalue weighted by molar-refractivity contribution is -0.129. The molecule has 0 radical (unpaired) electrons. The molecule has 1 saturated heterocycles. The molecule has 0 spiro atoms. The van der Waals surface area contributed by atoms with E-state index in [1.807, 2.05) is 32.0 Å². The molecule has 27 heavy (non-hydrogen) atoms. The third kappa shape index (κ3) is 6.87. The molecule has 1 amide bonds. The highest BCUT2D eigenvalue weighted by Crippen LogP contribution is 2.31. The summed E-state index contributed by atoms with van der Waals surface area (Å²) in [5.74, 6) is 1.43. The molecule has 1 fully saturated rings. The summed E-state index contributed by atoms with van der Waals surface area (Å²) in [7, 11) is 0. The zero-order chi connectivity index (χ0) is 18.9. The number of benzene rings is 1. The van der Waals surface area contributed by atoms with Crippen molar-refractivity contribution in [1.82, 2.24) is 10.6 Å². The van der Waals surface area contributed by atoms with Gasteiger partial charge < -0.3 is 24.8 Å². The minimum atomic E-state index is -0.325. The Morgan fingerprint density at radius 1 is 1.26 bits per heavy atom. The molecule has 1 aromatic rings. The van der Waals surface area contributed by atoms with E-state index in [0.717, 1.165) is 29.9 Å². The molecule has 3 atom stereocenters. The first-order valence-corrected chi connectivity index (χ1v) is 9.61. The molecule has 2 N–H and O–H groups in total. The van der Waals surface area contributed by atoms with Gasteiger partial charge in [0, 0.05) is 6.54 Å². The van der Waals surface area contributed by atoms with Crippen LogP contribution in [0.3, 0.4) is 0 Å². The van der Waals surface area contributed by atoms with Crippen molar-refractivity contribution in [3.63, 3.8) is 0 Å². The Morgan fingerprint density at radius 3 is 2.56 bits per heavy atom. The van der Waals surface area contributed by atoms with Crippen LogP contribution in [-0.4, -0.2) is 44.4 Å². The van der Waals surface area contributed by atoms with Gasteiger partial charge >= 0.3 is 0 Å². The van der Waals surface area contributed by atoms with E-state index >= 15 is 0 Å². The molecular formula is C20H33ClN2O4. The van der Waals surface area contributed by atoms with E-state index in [1.54, 1.807) is 0 Å². The van der Waals surface area contributed by atoms with Gasteiger partial charge in [0.15, 0.2) is 11.5 Å². The summed E-state index contributed by atoms with van der Waals surface area (Å²) in [4.78, 5) is 12.5. The lowest BCUT2D eigenvalue weighted by atomic mass is 10.1. The number of carbonyl (C=O) groups excluding carboxylic acids is 1. The fraction of sp³-hybridized carbons (Fsp3) is 0.650. The number of ether oxygens (including phenoxy) is 3. The smallest absolute Gasteiger partial charge is 0.240 e. The number of halogens is 1. The van der Waals surface area contributed by atoms with Crippen LogP contribution in [0.5, 0.6) is 11.5 Å². The summed E-state index contributed by atoms with van der Waals surface area (Å²) in [5, 5.41) is 6.28. The van der Waals surface area contributed by atoms with Gasteiger partial charge in [0.05, 0.1) is 32.0 Å². The number of amides is 1. The van der Waals surface area contributed by atoms with Crippen LogP contribution in [0, 0.1) is 0 Å². The number of morpholine rings is 1. The van der Waals surface area contributed by atoms with Crippen LogP contribution in [0.1, 0.15) is 52.1 Å². The largest absolute Gasteiger partial charge is 0.490 e. The second-order valence-corrected chi connectivity index (χ2v) is 6.64. The Balaban J connectivity index is 0.00000364. The molecule has 1 aromatic carbocycles. The van der Waals surface area contributed by atoms with Gasteiger partial charge in [-0.3, -0.25) is 4.79 Å². The van der Waals surface area contributed by atoms with Gasteiger partial charge in [0.2, 0.25) is 5.91 Å². The quantitative estimate of drug-likeness (QED) is 0.666. The van der Waals surface area contributed by atoms with Crippen molar-refractivity contribution in [3.05, 3.63) is 23.8 Å². The molecule has 154 valence electrons. The minimum Gasteiger partial charge on any atom is -0.490 e. The number of hydrogen-bond donors (Lipinski definition) is 2. The monoisotopic (exact) mass is 400 g/mol. The molecule has 0 bridgehead atoms. The summed E-state index contributed by atoms with van der Waals surface area (Å²) >= 11 is 0. The van der Waals surface area contributed by atoms with Crippen LogP contribution >= 0.6 is 12.4 Å². The summed E-state index contributed by atoms with van der Waals surface area (Å²) in [6.07, 6.45) is 1.73. The molecule has 1 aliphatic heterocycles. The van der Waals surface area contributed by atoms with Crippen LogP contribution in [0.2, 0.25) is 0 Å². The van der Waals surface area contributed by atoms with E-state index in [0.29, 0.717) is 26.4 Å². The standard InChI is InChI=1S/C20H32N2O4.ClH/c1-5-10-25-17-8-7-16(13-18(17)26-11-6-2)14(3)22-20(23)19-15(4)24-12-9-21-19;/h7-8,13-15,19,21H,5-6,9-12H2,1-4H3,(H,22,23);1H/t14?,15-,19+;/m1./s1. The molecule has 1 unspecified atom stereocenters. The van der Waals surface area contributed by atoms with Crippen molar-refractivity contribution in [3.8, 4) is 11.5 Å². The summed E-state index contributed by atoms with van der Waals surface area (Å²) < 4.78 is 17.2. The van der Waals surface area contributed by atoms with Gasteiger partial charge in [-0.05, 0) is 44.4 Å².